The number of aromatic hydroxyl groups is 1. The summed E-state index contributed by atoms with van der Waals surface area (Å²) in [5.41, 5.74) is 0.838. The van der Waals surface area contributed by atoms with Gasteiger partial charge in [0.1, 0.15) is 11.6 Å². The average molecular weight is 355 g/mol. The van der Waals surface area contributed by atoms with Crippen LogP contribution in [0, 0.1) is 5.41 Å². The zero-order valence-electron chi connectivity index (χ0n) is 14.7. The third-order valence-corrected chi connectivity index (χ3v) is 5.06. The summed E-state index contributed by atoms with van der Waals surface area (Å²) in [5.74, 6) is 1.29. The van der Waals surface area contributed by atoms with Crippen LogP contribution in [-0.4, -0.2) is 28.8 Å². The highest BCUT2D eigenvalue weighted by molar-refractivity contribution is 5.95. The van der Waals surface area contributed by atoms with E-state index in [1.165, 1.54) is 6.07 Å². The first-order chi connectivity index (χ1) is 12.4. The van der Waals surface area contributed by atoms with Gasteiger partial charge in [-0.2, -0.15) is 0 Å². The van der Waals surface area contributed by atoms with Crippen molar-refractivity contribution in [3.63, 3.8) is 0 Å². The van der Waals surface area contributed by atoms with E-state index in [9.17, 15) is 9.90 Å². The molecule has 1 aliphatic heterocycles. The van der Waals surface area contributed by atoms with Gasteiger partial charge in [-0.05, 0) is 42.5 Å². The van der Waals surface area contributed by atoms with Crippen molar-refractivity contribution in [1.82, 2.24) is 10.3 Å². The molecule has 1 aliphatic carbocycles. The Morgan fingerprint density at radius 2 is 2.04 bits per heavy atom. The minimum absolute atomic E-state index is 0.0124. The van der Waals surface area contributed by atoms with E-state index < -0.39 is 0 Å². The summed E-state index contributed by atoms with van der Waals surface area (Å²) < 4.78 is 10.6. The van der Waals surface area contributed by atoms with Crippen LogP contribution in [0.4, 0.5) is 11.5 Å². The molecule has 26 heavy (non-hydrogen) atoms. The Balaban J connectivity index is 1.51. The van der Waals surface area contributed by atoms with E-state index >= 15 is 0 Å². The molecule has 0 spiro atoms. The molecule has 0 bridgehead atoms. The Kier molecular flexibility index (Phi) is 3.86. The Morgan fingerprint density at radius 3 is 2.77 bits per heavy atom. The highest BCUT2D eigenvalue weighted by Gasteiger charge is 2.39. The van der Waals surface area contributed by atoms with Crippen LogP contribution in [0.3, 0.4) is 0 Å². The van der Waals surface area contributed by atoms with Crippen molar-refractivity contribution in [1.29, 1.82) is 0 Å². The quantitative estimate of drug-likeness (QED) is 0.780. The van der Waals surface area contributed by atoms with Crippen molar-refractivity contribution < 1.29 is 19.4 Å². The summed E-state index contributed by atoms with van der Waals surface area (Å²) in [7, 11) is 0. The van der Waals surface area contributed by atoms with Gasteiger partial charge in [0.25, 0.3) is 5.91 Å². The van der Waals surface area contributed by atoms with Crippen molar-refractivity contribution in [2.24, 2.45) is 5.41 Å². The number of aromatic nitrogens is 1. The molecule has 0 radical (unpaired) electrons. The van der Waals surface area contributed by atoms with Crippen LogP contribution in [0.5, 0.6) is 17.2 Å². The van der Waals surface area contributed by atoms with Crippen LogP contribution in [0.15, 0.2) is 30.3 Å². The van der Waals surface area contributed by atoms with Crippen molar-refractivity contribution in [3.8, 4) is 17.2 Å². The summed E-state index contributed by atoms with van der Waals surface area (Å²) >= 11 is 0. The predicted molar refractivity (Wildman–Crippen MR) is 96.0 cm³/mol. The fourth-order valence-electron chi connectivity index (χ4n) is 3.17. The molecule has 1 unspecified atom stereocenters. The molecule has 1 atom stereocenters. The Labute approximate surface area is 151 Å². The average Bonchev–Trinajstić information content (AvgIpc) is 3.08. The Hall–Kier alpha value is -2.96. The number of ether oxygens (including phenoxy) is 2. The number of carbonyl (C=O) groups is 1. The van der Waals surface area contributed by atoms with Crippen molar-refractivity contribution in [3.05, 3.63) is 36.0 Å². The van der Waals surface area contributed by atoms with Crippen LogP contribution >= 0.6 is 0 Å². The second-order valence-corrected chi connectivity index (χ2v) is 7.31. The fourth-order valence-corrected chi connectivity index (χ4v) is 3.17. The van der Waals surface area contributed by atoms with Gasteiger partial charge in [0.05, 0.1) is 0 Å². The van der Waals surface area contributed by atoms with E-state index in [1.54, 1.807) is 18.2 Å². The monoisotopic (exact) mass is 355 g/mol. The molecule has 3 N–H and O–H groups in total. The summed E-state index contributed by atoms with van der Waals surface area (Å²) in [4.78, 5) is 16.8. The van der Waals surface area contributed by atoms with E-state index in [2.05, 4.69) is 29.5 Å². The minimum Gasteiger partial charge on any atom is -0.505 e. The van der Waals surface area contributed by atoms with E-state index in [4.69, 9.17) is 9.47 Å². The minimum atomic E-state index is -0.366. The zero-order valence-corrected chi connectivity index (χ0v) is 14.7. The largest absolute Gasteiger partial charge is 0.505 e. The number of hydrogen-bond donors (Lipinski definition) is 3. The second kappa shape index (κ2) is 6.09. The van der Waals surface area contributed by atoms with Gasteiger partial charge in [0.2, 0.25) is 6.79 Å². The summed E-state index contributed by atoms with van der Waals surface area (Å²) in [5, 5.41) is 16.1. The second-order valence-electron chi connectivity index (χ2n) is 7.31. The number of pyridine rings is 1. The van der Waals surface area contributed by atoms with Crippen LogP contribution in [-0.2, 0) is 0 Å². The van der Waals surface area contributed by atoms with Crippen molar-refractivity contribution >= 4 is 17.4 Å². The highest BCUT2D eigenvalue weighted by atomic mass is 16.7. The Bertz CT molecular complexity index is 866. The van der Waals surface area contributed by atoms with Crippen LogP contribution in [0.1, 0.15) is 37.2 Å². The first-order valence-corrected chi connectivity index (χ1v) is 8.60. The van der Waals surface area contributed by atoms with E-state index in [0.29, 0.717) is 17.3 Å². The van der Waals surface area contributed by atoms with E-state index in [1.807, 2.05) is 6.07 Å². The SMILES string of the molecule is CC1(C)CCC1NC(=O)c1nc(Nc2ccc3c(c2)OCO3)ccc1O. The maximum absolute atomic E-state index is 12.5. The van der Waals surface area contributed by atoms with E-state index in [0.717, 1.165) is 18.5 Å². The lowest BCUT2D eigenvalue weighted by Crippen LogP contribution is -2.52. The molecule has 7 nitrogen and oxygen atoms in total. The molecule has 1 amide bonds. The normalized spacial score (nSPS) is 19.5. The first-order valence-electron chi connectivity index (χ1n) is 8.60. The number of anilines is 2. The first kappa shape index (κ1) is 16.5. The van der Waals surface area contributed by atoms with Gasteiger partial charge in [-0.1, -0.05) is 13.8 Å². The molecule has 1 aromatic heterocycles. The van der Waals surface area contributed by atoms with Gasteiger partial charge in [-0.15, -0.1) is 0 Å². The molecule has 1 aromatic carbocycles. The highest BCUT2D eigenvalue weighted by Crippen LogP contribution is 2.40. The lowest BCUT2D eigenvalue weighted by Gasteiger charge is -2.44. The lowest BCUT2D eigenvalue weighted by atomic mass is 9.67. The standard InChI is InChI=1S/C19H21N3O4/c1-19(2)8-7-15(19)21-18(24)17-12(23)4-6-16(22-17)20-11-3-5-13-14(9-11)26-10-25-13/h3-6,9,15,23H,7-8,10H2,1-2H3,(H,20,22)(H,21,24). The predicted octanol–water partition coefficient (Wildman–Crippen LogP) is 3.18. The Morgan fingerprint density at radius 1 is 1.23 bits per heavy atom. The van der Waals surface area contributed by atoms with Gasteiger partial charge in [0.15, 0.2) is 17.2 Å². The number of hydrogen-bond acceptors (Lipinski definition) is 6. The summed E-state index contributed by atoms with van der Waals surface area (Å²) in [6.07, 6.45) is 2.01. The van der Waals surface area contributed by atoms with Crippen LogP contribution in [0.25, 0.3) is 0 Å². The molecule has 2 aliphatic rings. The maximum Gasteiger partial charge on any atom is 0.274 e. The number of carbonyl (C=O) groups excluding carboxylic acids is 1. The van der Waals surface area contributed by atoms with Gasteiger partial charge in [0, 0.05) is 17.8 Å². The number of nitrogens with one attached hydrogen (secondary N) is 2. The van der Waals surface area contributed by atoms with Crippen LogP contribution in [0.2, 0.25) is 0 Å². The number of rotatable bonds is 4. The third kappa shape index (κ3) is 3.00. The molecule has 4 rings (SSSR count). The molecular weight excluding hydrogens is 334 g/mol. The van der Waals surface area contributed by atoms with Gasteiger partial charge in [-0.3, -0.25) is 4.79 Å². The number of fused-ring (bicyclic) bond motifs is 1. The number of amides is 1. The van der Waals surface area contributed by atoms with Crippen LogP contribution < -0.4 is 20.1 Å². The molecule has 1 fully saturated rings. The lowest BCUT2D eigenvalue weighted by molar-refractivity contribution is 0.0725. The summed E-state index contributed by atoms with van der Waals surface area (Å²) in [6, 6.07) is 8.61. The molecule has 1 saturated carbocycles. The van der Waals surface area contributed by atoms with Crippen molar-refractivity contribution in [2.45, 2.75) is 32.7 Å². The topological polar surface area (TPSA) is 92.7 Å². The fraction of sp³-hybridized carbons (Fsp3) is 0.368. The van der Waals surface area contributed by atoms with Gasteiger partial charge < -0.3 is 25.2 Å². The molecule has 2 aromatic rings. The van der Waals surface area contributed by atoms with Gasteiger partial charge in [-0.25, -0.2) is 4.98 Å². The molecule has 2 heterocycles. The van der Waals surface area contributed by atoms with E-state index in [-0.39, 0.29) is 35.6 Å². The zero-order chi connectivity index (χ0) is 18.3. The van der Waals surface area contributed by atoms with Crippen molar-refractivity contribution in [2.75, 3.05) is 12.1 Å². The molecule has 0 saturated heterocycles. The number of nitrogens with zero attached hydrogens (tertiary/aromatic N) is 1. The molecular formula is C19H21N3O4. The number of benzene rings is 1. The molecule has 136 valence electrons. The van der Waals surface area contributed by atoms with Gasteiger partial charge >= 0.3 is 0 Å². The third-order valence-electron chi connectivity index (χ3n) is 5.06. The summed E-state index contributed by atoms with van der Waals surface area (Å²) in [6.45, 7) is 4.44. The smallest absolute Gasteiger partial charge is 0.274 e. The molecule has 7 heteroatoms. The maximum atomic E-state index is 12.5.